The summed E-state index contributed by atoms with van der Waals surface area (Å²) in [5, 5.41) is 0. The molecule has 0 radical (unpaired) electrons. The summed E-state index contributed by atoms with van der Waals surface area (Å²) in [5.41, 5.74) is 0.273. The molecular formula is C17H13F3N4O3. The highest BCUT2D eigenvalue weighted by Crippen LogP contribution is 2.28. The first kappa shape index (κ1) is 18.4. The topological polar surface area (TPSA) is 90.0 Å². The van der Waals surface area contributed by atoms with E-state index >= 15 is 0 Å². The number of rotatable bonds is 5. The van der Waals surface area contributed by atoms with E-state index in [1.807, 2.05) is 6.92 Å². The van der Waals surface area contributed by atoms with E-state index in [1.165, 1.54) is 18.3 Å². The van der Waals surface area contributed by atoms with E-state index in [0.717, 1.165) is 12.4 Å². The molecule has 3 rings (SSSR count). The van der Waals surface area contributed by atoms with Crippen LogP contribution < -0.4 is 15.0 Å². The number of benzene rings is 1. The van der Waals surface area contributed by atoms with Crippen LogP contribution in [0.15, 0.2) is 47.7 Å². The standard InChI is InChI=1S/C17H13F3N4O3/c1-2-10-7-23-16(24-14(10)25)27-12-5-3-11(4-6-12)26-13-8-21-15(22-9-13)17(18,19)20/h3-9H,2H2,1H3,(H,23,24,25). The van der Waals surface area contributed by atoms with Crippen molar-refractivity contribution in [1.29, 1.82) is 0 Å². The van der Waals surface area contributed by atoms with Gasteiger partial charge in [0.25, 0.3) is 5.56 Å². The van der Waals surface area contributed by atoms with Crippen molar-refractivity contribution in [1.82, 2.24) is 19.9 Å². The molecular weight excluding hydrogens is 365 g/mol. The number of halogens is 3. The number of nitrogens with zero attached hydrogens (tertiary/aromatic N) is 3. The second-order valence-corrected chi connectivity index (χ2v) is 5.31. The molecule has 140 valence electrons. The van der Waals surface area contributed by atoms with Gasteiger partial charge in [-0.15, -0.1) is 0 Å². The fourth-order valence-corrected chi connectivity index (χ4v) is 2.05. The van der Waals surface area contributed by atoms with Gasteiger partial charge in [-0.1, -0.05) is 6.92 Å². The number of aryl methyl sites for hydroxylation is 1. The summed E-state index contributed by atoms with van der Waals surface area (Å²) in [4.78, 5) is 24.7. The molecule has 10 heteroatoms. The van der Waals surface area contributed by atoms with Crippen LogP contribution in [-0.2, 0) is 12.6 Å². The molecule has 0 aliphatic carbocycles. The van der Waals surface area contributed by atoms with Crippen molar-refractivity contribution in [2.24, 2.45) is 0 Å². The summed E-state index contributed by atoms with van der Waals surface area (Å²) < 4.78 is 48.1. The SMILES string of the molecule is CCc1cnc(Oc2ccc(Oc3cnc(C(F)(F)F)nc3)cc2)[nH]c1=O. The monoisotopic (exact) mass is 378 g/mol. The molecule has 1 aromatic carbocycles. The van der Waals surface area contributed by atoms with Crippen molar-refractivity contribution in [2.45, 2.75) is 19.5 Å². The Morgan fingerprint density at radius 1 is 0.926 bits per heavy atom. The van der Waals surface area contributed by atoms with Crippen LogP contribution in [0.25, 0.3) is 0 Å². The van der Waals surface area contributed by atoms with Crippen LogP contribution in [0, 0.1) is 0 Å². The van der Waals surface area contributed by atoms with Crippen molar-refractivity contribution in [2.75, 3.05) is 0 Å². The van der Waals surface area contributed by atoms with Gasteiger partial charge in [0, 0.05) is 11.8 Å². The molecule has 1 N–H and O–H groups in total. The Kier molecular flexibility index (Phi) is 5.06. The third-order valence-corrected chi connectivity index (χ3v) is 3.39. The molecule has 0 unspecified atom stereocenters. The third kappa shape index (κ3) is 4.60. The van der Waals surface area contributed by atoms with Crippen molar-refractivity contribution < 1.29 is 22.6 Å². The first-order chi connectivity index (χ1) is 12.8. The van der Waals surface area contributed by atoms with Crippen LogP contribution in [-0.4, -0.2) is 19.9 Å². The van der Waals surface area contributed by atoms with Crippen LogP contribution in [0.4, 0.5) is 13.2 Å². The van der Waals surface area contributed by atoms with Gasteiger partial charge in [-0.05, 0) is 30.7 Å². The van der Waals surface area contributed by atoms with Crippen molar-refractivity contribution in [3.63, 3.8) is 0 Å². The molecule has 7 nitrogen and oxygen atoms in total. The van der Waals surface area contributed by atoms with Gasteiger partial charge in [0.15, 0.2) is 5.75 Å². The minimum Gasteiger partial charge on any atom is -0.454 e. The summed E-state index contributed by atoms with van der Waals surface area (Å²) in [6.45, 7) is 1.84. The normalized spacial score (nSPS) is 11.3. The highest BCUT2D eigenvalue weighted by atomic mass is 19.4. The van der Waals surface area contributed by atoms with E-state index < -0.39 is 12.0 Å². The summed E-state index contributed by atoms with van der Waals surface area (Å²) in [6.07, 6.45) is -0.741. The van der Waals surface area contributed by atoms with Crippen LogP contribution >= 0.6 is 0 Å². The van der Waals surface area contributed by atoms with Gasteiger partial charge in [-0.2, -0.15) is 13.2 Å². The summed E-state index contributed by atoms with van der Waals surface area (Å²) in [6, 6.07) is 6.21. The summed E-state index contributed by atoms with van der Waals surface area (Å²) >= 11 is 0. The zero-order valence-corrected chi connectivity index (χ0v) is 13.9. The molecule has 2 aromatic heterocycles. The van der Waals surface area contributed by atoms with Gasteiger partial charge in [-0.25, -0.2) is 15.0 Å². The van der Waals surface area contributed by atoms with Gasteiger partial charge in [0.2, 0.25) is 5.82 Å². The van der Waals surface area contributed by atoms with Gasteiger partial charge in [0.1, 0.15) is 11.5 Å². The van der Waals surface area contributed by atoms with Gasteiger partial charge in [0.05, 0.1) is 12.4 Å². The quantitative estimate of drug-likeness (QED) is 0.728. The summed E-state index contributed by atoms with van der Waals surface area (Å²) in [5.74, 6) is -0.459. The largest absolute Gasteiger partial charge is 0.454 e. The highest BCUT2D eigenvalue weighted by molar-refractivity contribution is 5.35. The predicted octanol–water partition coefficient (Wildman–Crippen LogP) is 3.73. The predicted molar refractivity (Wildman–Crippen MR) is 87.9 cm³/mol. The molecule has 27 heavy (non-hydrogen) atoms. The smallest absolute Gasteiger partial charge is 0.451 e. The molecule has 0 saturated carbocycles. The van der Waals surface area contributed by atoms with Gasteiger partial charge >= 0.3 is 12.2 Å². The molecule has 0 aliphatic rings. The van der Waals surface area contributed by atoms with E-state index in [4.69, 9.17) is 9.47 Å². The van der Waals surface area contributed by atoms with Crippen molar-refractivity contribution in [3.8, 4) is 23.3 Å². The first-order valence-electron chi connectivity index (χ1n) is 7.78. The Morgan fingerprint density at radius 3 is 2.04 bits per heavy atom. The molecule has 0 fully saturated rings. The van der Waals surface area contributed by atoms with E-state index in [1.54, 1.807) is 12.1 Å². The molecule has 0 bridgehead atoms. The molecule has 0 spiro atoms. The van der Waals surface area contributed by atoms with E-state index in [0.29, 0.717) is 23.5 Å². The average molecular weight is 378 g/mol. The Morgan fingerprint density at radius 2 is 1.52 bits per heavy atom. The first-order valence-corrected chi connectivity index (χ1v) is 7.78. The molecule has 3 aromatic rings. The Hall–Kier alpha value is -3.43. The second kappa shape index (κ2) is 7.44. The van der Waals surface area contributed by atoms with E-state index in [-0.39, 0.29) is 17.3 Å². The van der Waals surface area contributed by atoms with E-state index in [9.17, 15) is 18.0 Å². The lowest BCUT2D eigenvalue weighted by Crippen LogP contribution is -2.13. The molecule has 0 saturated heterocycles. The summed E-state index contributed by atoms with van der Waals surface area (Å²) in [7, 11) is 0. The number of nitrogens with one attached hydrogen (secondary N) is 1. The minimum absolute atomic E-state index is 0.0435. The second-order valence-electron chi connectivity index (χ2n) is 5.31. The third-order valence-electron chi connectivity index (χ3n) is 3.39. The molecule has 0 atom stereocenters. The van der Waals surface area contributed by atoms with Crippen LogP contribution in [0.3, 0.4) is 0 Å². The van der Waals surface area contributed by atoms with Crippen LogP contribution in [0.2, 0.25) is 0 Å². The fraction of sp³-hybridized carbons (Fsp3) is 0.176. The van der Waals surface area contributed by atoms with E-state index in [2.05, 4.69) is 19.9 Å². The number of aromatic amines is 1. The molecule has 0 aliphatic heterocycles. The zero-order valence-electron chi connectivity index (χ0n) is 13.9. The average Bonchev–Trinajstić information content (AvgIpc) is 2.63. The van der Waals surface area contributed by atoms with Crippen LogP contribution in [0.5, 0.6) is 23.3 Å². The fourth-order valence-electron chi connectivity index (χ4n) is 2.05. The number of ether oxygens (including phenoxy) is 2. The van der Waals surface area contributed by atoms with Crippen molar-refractivity contribution >= 4 is 0 Å². The highest BCUT2D eigenvalue weighted by Gasteiger charge is 2.34. The molecule has 2 heterocycles. The lowest BCUT2D eigenvalue weighted by molar-refractivity contribution is -0.145. The van der Waals surface area contributed by atoms with Crippen molar-refractivity contribution in [3.05, 3.63) is 64.6 Å². The van der Waals surface area contributed by atoms with Crippen LogP contribution in [0.1, 0.15) is 18.3 Å². The Bertz CT molecular complexity index is 970. The van der Waals surface area contributed by atoms with Gasteiger partial charge in [-0.3, -0.25) is 9.78 Å². The molecule has 0 amide bonds. The maximum atomic E-state index is 12.4. The number of H-pyrrole nitrogens is 1. The zero-order chi connectivity index (χ0) is 19.4. The minimum atomic E-state index is -4.61. The number of hydrogen-bond donors (Lipinski definition) is 1. The number of alkyl halides is 3. The van der Waals surface area contributed by atoms with Gasteiger partial charge < -0.3 is 9.47 Å². The lowest BCUT2D eigenvalue weighted by atomic mass is 10.3. The maximum absolute atomic E-state index is 12.4. The maximum Gasteiger partial charge on any atom is 0.451 e. The number of aromatic nitrogens is 4. The lowest BCUT2D eigenvalue weighted by Gasteiger charge is -2.08. The Balaban J connectivity index is 1.66. The Labute approximate surface area is 150 Å². The number of hydrogen-bond acceptors (Lipinski definition) is 6.